The number of nitrogens with zero attached hydrogens (tertiary/aromatic N) is 3. The first-order valence-electron chi connectivity index (χ1n) is 6.42. The zero-order valence-electron chi connectivity index (χ0n) is 10.8. The van der Waals surface area contributed by atoms with Crippen LogP contribution in [0.1, 0.15) is 40.0 Å². The van der Waals surface area contributed by atoms with E-state index in [9.17, 15) is 0 Å². The fourth-order valence-corrected chi connectivity index (χ4v) is 3.81. The van der Waals surface area contributed by atoms with Crippen LogP contribution in [0, 0.1) is 0 Å². The molecule has 1 aliphatic carbocycles. The molecule has 0 radical (unpaired) electrons. The van der Waals surface area contributed by atoms with Crippen LogP contribution in [0.2, 0.25) is 0 Å². The lowest BCUT2D eigenvalue weighted by Gasteiger charge is -2.10. The van der Waals surface area contributed by atoms with E-state index in [0.717, 1.165) is 6.42 Å². The molecule has 3 rings (SSSR count). The first kappa shape index (κ1) is 11.9. The van der Waals surface area contributed by atoms with Crippen LogP contribution < -0.4 is 5.32 Å². The highest BCUT2D eigenvalue weighted by atomic mass is 32.1. The molecule has 0 bridgehead atoms. The Balaban J connectivity index is 1.94. The van der Waals surface area contributed by atoms with Gasteiger partial charge in [-0.25, -0.2) is 4.98 Å². The van der Waals surface area contributed by atoms with E-state index in [-0.39, 0.29) is 6.04 Å². The molecule has 1 atom stereocenters. The van der Waals surface area contributed by atoms with Crippen molar-refractivity contribution in [3.63, 3.8) is 0 Å². The smallest absolute Gasteiger partial charge is 0.115 e. The maximum absolute atomic E-state index is 4.83. The molecule has 1 N–H and O–H groups in total. The maximum Gasteiger partial charge on any atom is 0.115 e. The number of aryl methyl sites for hydroxylation is 3. The Hall–Kier alpha value is -1.20. The minimum absolute atomic E-state index is 0.175. The van der Waals surface area contributed by atoms with Gasteiger partial charge in [0.1, 0.15) is 5.01 Å². The van der Waals surface area contributed by atoms with Crippen molar-refractivity contribution in [3.8, 4) is 0 Å². The van der Waals surface area contributed by atoms with Crippen molar-refractivity contribution in [3.05, 3.63) is 33.5 Å². The molecule has 2 aromatic rings. The van der Waals surface area contributed by atoms with E-state index in [2.05, 4.69) is 16.6 Å². The van der Waals surface area contributed by atoms with Gasteiger partial charge in [-0.15, -0.1) is 11.3 Å². The zero-order chi connectivity index (χ0) is 12.5. The number of nitrogens with one attached hydrogen (secondary N) is 1. The lowest BCUT2D eigenvalue weighted by molar-refractivity contribution is 0.660. The first-order valence-corrected chi connectivity index (χ1v) is 7.24. The van der Waals surface area contributed by atoms with Crippen molar-refractivity contribution in [1.82, 2.24) is 20.1 Å². The molecule has 0 saturated carbocycles. The second kappa shape index (κ2) is 4.82. The van der Waals surface area contributed by atoms with Gasteiger partial charge in [0.2, 0.25) is 0 Å². The van der Waals surface area contributed by atoms with Crippen LogP contribution in [-0.2, 0) is 19.9 Å². The van der Waals surface area contributed by atoms with Crippen LogP contribution >= 0.6 is 11.3 Å². The number of fused-ring (bicyclic) bond motifs is 1. The van der Waals surface area contributed by atoms with Crippen LogP contribution in [0.4, 0.5) is 0 Å². The predicted molar refractivity (Wildman–Crippen MR) is 72.9 cm³/mol. The summed E-state index contributed by atoms with van der Waals surface area (Å²) in [6.45, 7) is 0. The van der Waals surface area contributed by atoms with E-state index < -0.39 is 0 Å². The zero-order valence-corrected chi connectivity index (χ0v) is 11.6. The van der Waals surface area contributed by atoms with Gasteiger partial charge < -0.3 is 5.32 Å². The summed E-state index contributed by atoms with van der Waals surface area (Å²) in [4.78, 5) is 6.31. The third kappa shape index (κ3) is 2.08. The predicted octanol–water partition coefficient (Wildman–Crippen LogP) is 2.06. The number of aromatic nitrogens is 3. The van der Waals surface area contributed by atoms with Gasteiger partial charge in [-0.3, -0.25) is 4.68 Å². The highest BCUT2D eigenvalue weighted by Gasteiger charge is 2.21. The Morgan fingerprint density at radius 1 is 1.39 bits per heavy atom. The van der Waals surface area contributed by atoms with Gasteiger partial charge in [0.15, 0.2) is 0 Å². The summed E-state index contributed by atoms with van der Waals surface area (Å²) in [6, 6.07) is 0.175. The molecular formula is C13H18N4S. The summed E-state index contributed by atoms with van der Waals surface area (Å²) in [6.07, 6.45) is 8.92. The molecule has 0 fully saturated rings. The summed E-state index contributed by atoms with van der Waals surface area (Å²) >= 11 is 1.86. The Kier molecular flexibility index (Phi) is 3.18. The Morgan fingerprint density at radius 3 is 2.89 bits per heavy atom. The largest absolute Gasteiger partial charge is 0.307 e. The quantitative estimate of drug-likeness (QED) is 0.920. The molecule has 0 saturated heterocycles. The molecule has 1 unspecified atom stereocenters. The SMILES string of the molecule is CNC(c1cnn(C)c1)c1nc2c(s1)CCCC2. The van der Waals surface area contributed by atoms with E-state index in [0.29, 0.717) is 0 Å². The van der Waals surface area contributed by atoms with Crippen molar-refractivity contribution in [2.24, 2.45) is 7.05 Å². The third-order valence-corrected chi connectivity index (χ3v) is 4.68. The number of hydrogen-bond acceptors (Lipinski definition) is 4. The minimum atomic E-state index is 0.175. The molecule has 5 heteroatoms. The third-order valence-electron chi connectivity index (χ3n) is 3.46. The summed E-state index contributed by atoms with van der Waals surface area (Å²) in [5.41, 5.74) is 2.51. The average Bonchev–Trinajstić information content (AvgIpc) is 2.96. The van der Waals surface area contributed by atoms with Gasteiger partial charge in [-0.2, -0.15) is 5.10 Å². The Labute approximate surface area is 111 Å². The van der Waals surface area contributed by atoms with Crippen LogP contribution in [0.3, 0.4) is 0 Å². The fourth-order valence-electron chi connectivity index (χ4n) is 2.52. The monoisotopic (exact) mass is 262 g/mol. The van der Waals surface area contributed by atoms with Crippen LogP contribution in [-0.4, -0.2) is 21.8 Å². The Bertz CT molecular complexity index is 519. The van der Waals surface area contributed by atoms with Crippen molar-refractivity contribution in [1.29, 1.82) is 0 Å². The van der Waals surface area contributed by atoms with Crippen molar-refractivity contribution in [2.45, 2.75) is 31.7 Å². The van der Waals surface area contributed by atoms with Gasteiger partial charge in [0, 0.05) is 23.7 Å². The molecule has 0 amide bonds. The van der Waals surface area contributed by atoms with Gasteiger partial charge in [0.05, 0.1) is 17.9 Å². The summed E-state index contributed by atoms with van der Waals surface area (Å²) < 4.78 is 1.84. The fraction of sp³-hybridized carbons (Fsp3) is 0.538. The maximum atomic E-state index is 4.83. The summed E-state index contributed by atoms with van der Waals surface area (Å²) in [5.74, 6) is 0. The summed E-state index contributed by atoms with van der Waals surface area (Å²) in [5, 5.41) is 8.78. The summed E-state index contributed by atoms with van der Waals surface area (Å²) in [7, 11) is 3.93. The van der Waals surface area contributed by atoms with Crippen molar-refractivity contribution < 1.29 is 0 Å². The van der Waals surface area contributed by atoms with Crippen molar-refractivity contribution >= 4 is 11.3 Å². The normalized spacial score (nSPS) is 16.6. The van der Waals surface area contributed by atoms with E-state index in [1.54, 1.807) is 0 Å². The van der Waals surface area contributed by atoms with Crippen LogP contribution in [0.5, 0.6) is 0 Å². The minimum Gasteiger partial charge on any atom is -0.307 e. The van der Waals surface area contributed by atoms with Gasteiger partial charge in [0.25, 0.3) is 0 Å². The Morgan fingerprint density at radius 2 is 2.22 bits per heavy atom. The lowest BCUT2D eigenvalue weighted by Crippen LogP contribution is -2.17. The standard InChI is InChI=1S/C13H18N4S/c1-14-12(9-7-15-17(2)8-9)13-16-10-5-3-4-6-11(10)18-13/h7-8,12,14H,3-6H2,1-2H3. The average molecular weight is 262 g/mol. The van der Waals surface area contributed by atoms with E-state index in [4.69, 9.17) is 4.98 Å². The number of thiazole rings is 1. The second-order valence-corrected chi connectivity index (χ2v) is 5.91. The molecule has 0 aliphatic heterocycles. The highest BCUT2D eigenvalue weighted by Crippen LogP contribution is 2.32. The van der Waals surface area contributed by atoms with E-state index in [1.807, 2.05) is 36.3 Å². The molecule has 96 valence electrons. The molecule has 0 spiro atoms. The molecule has 1 aliphatic rings. The van der Waals surface area contributed by atoms with Crippen molar-refractivity contribution in [2.75, 3.05) is 7.05 Å². The first-order chi connectivity index (χ1) is 8.78. The molecule has 2 aromatic heterocycles. The molecule has 18 heavy (non-hydrogen) atoms. The second-order valence-electron chi connectivity index (χ2n) is 4.80. The van der Waals surface area contributed by atoms with E-state index in [1.165, 1.54) is 40.4 Å². The van der Waals surface area contributed by atoms with Gasteiger partial charge >= 0.3 is 0 Å². The number of rotatable bonds is 3. The lowest BCUT2D eigenvalue weighted by atomic mass is 10.0. The van der Waals surface area contributed by atoms with Gasteiger partial charge in [-0.05, 0) is 32.7 Å². The number of hydrogen-bond donors (Lipinski definition) is 1. The van der Waals surface area contributed by atoms with E-state index >= 15 is 0 Å². The van der Waals surface area contributed by atoms with Gasteiger partial charge in [-0.1, -0.05) is 0 Å². The topological polar surface area (TPSA) is 42.7 Å². The van der Waals surface area contributed by atoms with Crippen LogP contribution in [0.15, 0.2) is 12.4 Å². The van der Waals surface area contributed by atoms with Crippen LogP contribution in [0.25, 0.3) is 0 Å². The molecule has 4 nitrogen and oxygen atoms in total. The molecule has 0 aromatic carbocycles. The molecular weight excluding hydrogens is 244 g/mol. The molecule has 2 heterocycles. The highest BCUT2D eigenvalue weighted by molar-refractivity contribution is 7.11.